The minimum Gasteiger partial charge on any atom is -0.358 e. The molecule has 2 heterocycles. The maximum absolute atomic E-state index is 10.5. The summed E-state index contributed by atoms with van der Waals surface area (Å²) < 4.78 is 0. The van der Waals surface area contributed by atoms with Crippen molar-refractivity contribution in [2.45, 2.75) is 0 Å². The third-order valence-electron chi connectivity index (χ3n) is 1.54. The number of carbonyl (C=O) groups excluding carboxylic acids is 1. The van der Waals surface area contributed by atoms with E-state index in [0.717, 1.165) is 6.29 Å². The number of nitrogens with zero attached hydrogens (tertiary/aromatic N) is 2. The number of H-pyrrole nitrogens is 1. The fourth-order valence-corrected chi connectivity index (χ4v) is 1.13. The second kappa shape index (κ2) is 2.57. The fourth-order valence-electron chi connectivity index (χ4n) is 1.000. The van der Waals surface area contributed by atoms with Crippen LogP contribution in [0.15, 0.2) is 12.4 Å². The van der Waals surface area contributed by atoms with Crippen LogP contribution in [-0.4, -0.2) is 21.2 Å². The average Bonchev–Trinajstić information content (AvgIpc) is 2.46. The van der Waals surface area contributed by atoms with Gasteiger partial charge in [0.15, 0.2) is 6.29 Å². The maximum Gasteiger partial charge on any atom is 0.223 e. The van der Waals surface area contributed by atoms with Crippen LogP contribution < -0.4 is 0 Å². The highest BCUT2D eigenvalue weighted by Gasteiger charge is 2.04. The predicted molar refractivity (Wildman–Crippen MR) is 44.3 cm³/mol. The van der Waals surface area contributed by atoms with E-state index in [2.05, 4.69) is 15.0 Å². The molecule has 0 aliphatic heterocycles. The lowest BCUT2D eigenvalue weighted by Gasteiger charge is -1.89. The van der Waals surface area contributed by atoms with E-state index in [0.29, 0.717) is 16.6 Å². The van der Waals surface area contributed by atoms with Crippen LogP contribution in [-0.2, 0) is 0 Å². The van der Waals surface area contributed by atoms with Gasteiger partial charge >= 0.3 is 0 Å². The number of rotatable bonds is 1. The van der Waals surface area contributed by atoms with E-state index in [9.17, 15) is 4.79 Å². The first-order valence-corrected chi connectivity index (χ1v) is 3.64. The molecular weight excluding hydrogens is 178 g/mol. The Hall–Kier alpha value is -1.42. The van der Waals surface area contributed by atoms with Crippen LogP contribution in [0.1, 0.15) is 10.4 Å². The molecule has 2 rings (SSSR count). The Balaban J connectivity index is 2.83. The zero-order valence-corrected chi connectivity index (χ0v) is 6.67. The van der Waals surface area contributed by atoms with Crippen molar-refractivity contribution in [1.82, 2.24) is 15.0 Å². The Morgan fingerprint density at radius 3 is 3.17 bits per heavy atom. The van der Waals surface area contributed by atoms with Crippen molar-refractivity contribution >= 4 is 28.9 Å². The van der Waals surface area contributed by atoms with Gasteiger partial charge in [0.05, 0.1) is 17.3 Å². The normalized spacial score (nSPS) is 10.4. The van der Waals surface area contributed by atoms with Gasteiger partial charge in [0.25, 0.3) is 0 Å². The number of aromatic amines is 1. The molecule has 0 spiro atoms. The summed E-state index contributed by atoms with van der Waals surface area (Å²) in [4.78, 5) is 21.0. The van der Waals surface area contributed by atoms with E-state index >= 15 is 0 Å². The van der Waals surface area contributed by atoms with Crippen molar-refractivity contribution in [1.29, 1.82) is 0 Å². The van der Waals surface area contributed by atoms with Gasteiger partial charge in [0, 0.05) is 6.20 Å². The molecule has 0 aromatic carbocycles. The van der Waals surface area contributed by atoms with Crippen LogP contribution in [0.3, 0.4) is 0 Å². The number of halogens is 1. The number of hydrogen-bond donors (Lipinski definition) is 1. The van der Waals surface area contributed by atoms with Gasteiger partial charge in [0.1, 0.15) is 5.52 Å². The molecular formula is C7H4ClN3O. The van der Waals surface area contributed by atoms with Crippen molar-refractivity contribution in [3.8, 4) is 0 Å². The van der Waals surface area contributed by atoms with Gasteiger partial charge in [-0.15, -0.1) is 0 Å². The highest BCUT2D eigenvalue weighted by molar-refractivity contribution is 6.28. The number of fused-ring (bicyclic) bond motifs is 1. The Kier molecular flexibility index (Phi) is 1.55. The van der Waals surface area contributed by atoms with Crippen LogP contribution >= 0.6 is 11.6 Å². The summed E-state index contributed by atoms with van der Waals surface area (Å²) in [5.74, 6) is 0. The van der Waals surface area contributed by atoms with Crippen LogP contribution in [0.2, 0.25) is 5.28 Å². The highest BCUT2D eigenvalue weighted by atomic mass is 35.5. The molecule has 0 saturated carbocycles. The topological polar surface area (TPSA) is 58.6 Å². The Morgan fingerprint density at radius 1 is 1.58 bits per heavy atom. The number of hydrogen-bond acceptors (Lipinski definition) is 3. The smallest absolute Gasteiger partial charge is 0.223 e. The lowest BCUT2D eigenvalue weighted by molar-refractivity contribution is 0.112. The van der Waals surface area contributed by atoms with Crippen LogP contribution in [0.5, 0.6) is 0 Å². The van der Waals surface area contributed by atoms with E-state index in [1.54, 1.807) is 6.20 Å². The summed E-state index contributed by atoms with van der Waals surface area (Å²) in [5, 5.41) is 0.144. The lowest BCUT2D eigenvalue weighted by Crippen LogP contribution is -1.83. The molecule has 0 atom stereocenters. The second-order valence-corrected chi connectivity index (χ2v) is 2.60. The summed E-state index contributed by atoms with van der Waals surface area (Å²) in [6, 6.07) is 0. The molecule has 12 heavy (non-hydrogen) atoms. The van der Waals surface area contributed by atoms with E-state index in [1.165, 1.54) is 6.20 Å². The SMILES string of the molecule is O=Cc1c[nH]c2cnc(Cl)nc12. The quantitative estimate of drug-likeness (QED) is 0.535. The molecule has 0 radical (unpaired) electrons. The summed E-state index contributed by atoms with van der Waals surface area (Å²) in [6.07, 6.45) is 3.84. The minimum atomic E-state index is 0.144. The molecule has 60 valence electrons. The van der Waals surface area contributed by atoms with E-state index in [-0.39, 0.29) is 5.28 Å². The van der Waals surface area contributed by atoms with Gasteiger partial charge in [-0.25, -0.2) is 9.97 Å². The molecule has 0 fully saturated rings. The molecule has 1 N–H and O–H groups in total. The van der Waals surface area contributed by atoms with Crippen molar-refractivity contribution in [3.05, 3.63) is 23.2 Å². The number of carbonyl (C=O) groups is 1. The predicted octanol–water partition coefficient (Wildman–Crippen LogP) is 1.42. The molecule has 0 saturated heterocycles. The molecule has 0 amide bonds. The maximum atomic E-state index is 10.5. The van der Waals surface area contributed by atoms with E-state index in [4.69, 9.17) is 11.6 Å². The monoisotopic (exact) mass is 181 g/mol. The van der Waals surface area contributed by atoms with E-state index < -0.39 is 0 Å². The van der Waals surface area contributed by atoms with Gasteiger partial charge in [-0.3, -0.25) is 4.79 Å². The van der Waals surface area contributed by atoms with Crippen LogP contribution in [0, 0.1) is 0 Å². The van der Waals surface area contributed by atoms with Gasteiger partial charge in [-0.2, -0.15) is 0 Å². The molecule has 0 aliphatic carbocycles. The zero-order chi connectivity index (χ0) is 8.55. The Morgan fingerprint density at radius 2 is 2.42 bits per heavy atom. The van der Waals surface area contributed by atoms with Gasteiger partial charge < -0.3 is 4.98 Å². The summed E-state index contributed by atoms with van der Waals surface area (Å²) in [7, 11) is 0. The standard InChI is InChI=1S/C7H4ClN3O/c8-7-10-2-5-6(11-7)4(3-12)1-9-5/h1-3,9H. The fraction of sp³-hybridized carbons (Fsp3) is 0. The first-order chi connectivity index (χ1) is 5.81. The first-order valence-electron chi connectivity index (χ1n) is 3.26. The van der Waals surface area contributed by atoms with Crippen LogP contribution in [0.25, 0.3) is 11.0 Å². The summed E-state index contributed by atoms with van der Waals surface area (Å²) >= 11 is 5.55. The molecule has 5 heteroatoms. The number of nitrogens with one attached hydrogen (secondary N) is 1. The Labute approximate surface area is 72.6 Å². The molecule has 2 aromatic heterocycles. The minimum absolute atomic E-state index is 0.144. The molecule has 4 nitrogen and oxygen atoms in total. The van der Waals surface area contributed by atoms with Crippen molar-refractivity contribution < 1.29 is 4.79 Å². The van der Waals surface area contributed by atoms with Crippen molar-refractivity contribution in [2.24, 2.45) is 0 Å². The molecule has 0 bridgehead atoms. The van der Waals surface area contributed by atoms with Gasteiger partial charge in [-0.05, 0) is 11.6 Å². The molecule has 0 aliphatic rings. The van der Waals surface area contributed by atoms with Crippen molar-refractivity contribution in [3.63, 3.8) is 0 Å². The van der Waals surface area contributed by atoms with E-state index in [1.807, 2.05) is 0 Å². The van der Waals surface area contributed by atoms with Crippen LogP contribution in [0.4, 0.5) is 0 Å². The van der Waals surface area contributed by atoms with Gasteiger partial charge in [-0.1, -0.05) is 0 Å². The average molecular weight is 182 g/mol. The molecule has 0 unspecified atom stereocenters. The number of aldehydes is 1. The highest BCUT2D eigenvalue weighted by Crippen LogP contribution is 2.14. The lowest BCUT2D eigenvalue weighted by atomic mass is 10.3. The number of aromatic nitrogens is 3. The molecule has 2 aromatic rings. The third kappa shape index (κ3) is 0.967. The summed E-state index contributed by atoms with van der Waals surface area (Å²) in [5.41, 5.74) is 1.76. The largest absolute Gasteiger partial charge is 0.358 e. The van der Waals surface area contributed by atoms with Crippen molar-refractivity contribution in [2.75, 3.05) is 0 Å². The second-order valence-electron chi connectivity index (χ2n) is 2.26. The third-order valence-corrected chi connectivity index (χ3v) is 1.73. The first kappa shape index (κ1) is 7.24. The zero-order valence-electron chi connectivity index (χ0n) is 5.91. The Bertz CT molecular complexity index is 437. The van der Waals surface area contributed by atoms with Gasteiger partial charge in [0.2, 0.25) is 5.28 Å². The summed E-state index contributed by atoms with van der Waals surface area (Å²) in [6.45, 7) is 0.